The quantitative estimate of drug-likeness (QED) is 0.476. The summed E-state index contributed by atoms with van der Waals surface area (Å²) in [5, 5.41) is 0. The van der Waals surface area contributed by atoms with Crippen molar-refractivity contribution < 1.29 is 14.2 Å². The molecule has 0 saturated heterocycles. The summed E-state index contributed by atoms with van der Waals surface area (Å²) in [6.45, 7) is 18.6. The molecule has 3 heteroatoms. The van der Waals surface area contributed by atoms with E-state index in [9.17, 15) is 0 Å². The van der Waals surface area contributed by atoms with Crippen LogP contribution in [0.1, 0.15) is 81.1 Å². The predicted octanol–water partition coefficient (Wildman–Crippen LogP) is 4.97. The first-order valence-electron chi connectivity index (χ1n) is 8.51. The Morgan fingerprint density at radius 3 is 2.05 bits per heavy atom. The van der Waals surface area contributed by atoms with E-state index in [1.807, 2.05) is 0 Å². The van der Waals surface area contributed by atoms with E-state index in [-0.39, 0.29) is 23.4 Å². The van der Waals surface area contributed by atoms with Crippen molar-refractivity contribution in [2.75, 3.05) is 13.2 Å². The molecule has 1 atom stereocenters. The predicted molar refractivity (Wildman–Crippen MR) is 89.9 cm³/mol. The number of unbranched alkanes of at least 4 members (excludes halogenated alkanes) is 1. The molecule has 3 nitrogen and oxygen atoms in total. The zero-order valence-corrected chi connectivity index (χ0v) is 15.6. The highest BCUT2D eigenvalue weighted by molar-refractivity contribution is 4.76. The van der Waals surface area contributed by atoms with Crippen LogP contribution < -0.4 is 0 Å². The lowest BCUT2D eigenvalue weighted by molar-refractivity contribution is -0.117. The van der Waals surface area contributed by atoms with Gasteiger partial charge in [-0.25, -0.2) is 0 Å². The third-order valence-corrected chi connectivity index (χ3v) is 3.45. The van der Waals surface area contributed by atoms with E-state index in [0.717, 1.165) is 32.5 Å². The Hall–Kier alpha value is -0.120. The van der Waals surface area contributed by atoms with Crippen molar-refractivity contribution in [3.05, 3.63) is 0 Å². The maximum Gasteiger partial charge on any atom is 0.0652 e. The summed E-state index contributed by atoms with van der Waals surface area (Å²) in [6, 6.07) is 0. The second-order valence-electron chi connectivity index (χ2n) is 7.52. The highest BCUT2D eigenvalue weighted by Crippen LogP contribution is 2.24. The smallest absolute Gasteiger partial charge is 0.0652 e. The lowest BCUT2D eigenvalue weighted by atomic mass is 9.99. The monoisotopic (exact) mass is 302 g/mol. The lowest BCUT2D eigenvalue weighted by Gasteiger charge is -2.34. The molecule has 0 aromatic carbocycles. The molecule has 0 amide bonds. The molecule has 0 aliphatic rings. The Kier molecular flexibility index (Phi) is 9.75. The SMILES string of the molecule is CCCCOC(C)(C)CC(C)OC(C)(C)CCOC(C)C. The number of hydrogen-bond acceptors (Lipinski definition) is 3. The van der Waals surface area contributed by atoms with E-state index in [4.69, 9.17) is 14.2 Å². The minimum Gasteiger partial charge on any atom is -0.379 e. The molecular formula is C18H38O3. The van der Waals surface area contributed by atoms with Crippen LogP contribution in [0.15, 0.2) is 0 Å². The van der Waals surface area contributed by atoms with Gasteiger partial charge in [-0.15, -0.1) is 0 Å². The van der Waals surface area contributed by atoms with Gasteiger partial charge in [0.05, 0.1) is 23.4 Å². The van der Waals surface area contributed by atoms with E-state index in [1.165, 1.54) is 6.42 Å². The molecule has 0 aliphatic heterocycles. The van der Waals surface area contributed by atoms with Crippen LogP contribution in [0.5, 0.6) is 0 Å². The average Bonchev–Trinajstić information content (AvgIpc) is 2.25. The Balaban J connectivity index is 4.11. The summed E-state index contributed by atoms with van der Waals surface area (Å²) in [5.41, 5.74) is -0.285. The molecule has 128 valence electrons. The van der Waals surface area contributed by atoms with Crippen molar-refractivity contribution >= 4 is 0 Å². The summed E-state index contributed by atoms with van der Waals surface area (Å²) >= 11 is 0. The Bertz CT molecular complexity index is 259. The summed E-state index contributed by atoms with van der Waals surface area (Å²) < 4.78 is 17.8. The summed E-state index contributed by atoms with van der Waals surface area (Å²) in [4.78, 5) is 0. The maximum absolute atomic E-state index is 6.20. The standard InChI is InChI=1S/C18H38O3/c1-9-10-12-20-18(7,8)14-16(4)21-17(5,6)11-13-19-15(2)3/h15-16H,9-14H2,1-8H3. The van der Waals surface area contributed by atoms with E-state index in [1.54, 1.807) is 0 Å². The first kappa shape index (κ1) is 20.9. The topological polar surface area (TPSA) is 27.7 Å². The molecule has 0 bridgehead atoms. The second kappa shape index (κ2) is 9.81. The van der Waals surface area contributed by atoms with Crippen LogP contribution >= 0.6 is 0 Å². The van der Waals surface area contributed by atoms with Crippen LogP contribution in [0.4, 0.5) is 0 Å². The fraction of sp³-hybridized carbons (Fsp3) is 1.00. The van der Waals surface area contributed by atoms with Gasteiger partial charge < -0.3 is 14.2 Å². The van der Waals surface area contributed by atoms with Crippen LogP contribution in [0, 0.1) is 0 Å². The van der Waals surface area contributed by atoms with Crippen LogP contribution in [0.2, 0.25) is 0 Å². The molecular weight excluding hydrogens is 264 g/mol. The second-order valence-corrected chi connectivity index (χ2v) is 7.52. The minimum atomic E-state index is -0.159. The van der Waals surface area contributed by atoms with Crippen LogP contribution in [0.3, 0.4) is 0 Å². The van der Waals surface area contributed by atoms with Gasteiger partial charge in [0.1, 0.15) is 0 Å². The zero-order chi connectivity index (χ0) is 16.5. The fourth-order valence-corrected chi connectivity index (χ4v) is 2.43. The largest absolute Gasteiger partial charge is 0.379 e. The molecule has 0 rings (SSSR count). The molecule has 0 spiro atoms. The Morgan fingerprint density at radius 2 is 1.52 bits per heavy atom. The lowest BCUT2D eigenvalue weighted by Crippen LogP contribution is -2.36. The molecule has 0 aromatic rings. The Labute approximate surface area is 132 Å². The molecule has 0 saturated carbocycles. The van der Waals surface area contributed by atoms with Crippen molar-refractivity contribution in [3.63, 3.8) is 0 Å². The fourth-order valence-electron chi connectivity index (χ4n) is 2.43. The van der Waals surface area contributed by atoms with Crippen molar-refractivity contribution in [3.8, 4) is 0 Å². The molecule has 0 fully saturated rings. The first-order chi connectivity index (χ1) is 9.58. The molecule has 0 heterocycles. The van der Waals surface area contributed by atoms with Gasteiger partial charge in [-0.2, -0.15) is 0 Å². The van der Waals surface area contributed by atoms with E-state index in [0.29, 0.717) is 0 Å². The molecule has 0 N–H and O–H groups in total. The third-order valence-electron chi connectivity index (χ3n) is 3.45. The van der Waals surface area contributed by atoms with Gasteiger partial charge in [0, 0.05) is 19.6 Å². The minimum absolute atomic E-state index is 0.126. The van der Waals surface area contributed by atoms with Gasteiger partial charge in [0.15, 0.2) is 0 Å². The number of rotatable bonds is 12. The highest BCUT2D eigenvalue weighted by Gasteiger charge is 2.27. The third kappa shape index (κ3) is 12.1. The van der Waals surface area contributed by atoms with E-state index < -0.39 is 0 Å². The maximum atomic E-state index is 6.20. The van der Waals surface area contributed by atoms with Gasteiger partial charge in [0.25, 0.3) is 0 Å². The van der Waals surface area contributed by atoms with Gasteiger partial charge in [-0.05, 0) is 61.3 Å². The van der Waals surface area contributed by atoms with Crippen molar-refractivity contribution in [2.24, 2.45) is 0 Å². The van der Waals surface area contributed by atoms with Gasteiger partial charge in [-0.3, -0.25) is 0 Å². The first-order valence-corrected chi connectivity index (χ1v) is 8.51. The Morgan fingerprint density at radius 1 is 0.905 bits per heavy atom. The summed E-state index contributed by atoms with van der Waals surface area (Å²) in [5.74, 6) is 0. The van der Waals surface area contributed by atoms with E-state index in [2.05, 4.69) is 55.4 Å². The molecule has 0 aromatic heterocycles. The molecule has 21 heavy (non-hydrogen) atoms. The highest BCUT2D eigenvalue weighted by atomic mass is 16.5. The van der Waals surface area contributed by atoms with Crippen LogP contribution in [0.25, 0.3) is 0 Å². The summed E-state index contributed by atoms with van der Waals surface area (Å²) in [7, 11) is 0. The number of ether oxygens (including phenoxy) is 3. The average molecular weight is 302 g/mol. The van der Waals surface area contributed by atoms with E-state index >= 15 is 0 Å². The van der Waals surface area contributed by atoms with Crippen LogP contribution in [-0.2, 0) is 14.2 Å². The van der Waals surface area contributed by atoms with Crippen LogP contribution in [-0.4, -0.2) is 36.6 Å². The zero-order valence-electron chi connectivity index (χ0n) is 15.6. The molecule has 1 unspecified atom stereocenters. The van der Waals surface area contributed by atoms with Gasteiger partial charge >= 0.3 is 0 Å². The van der Waals surface area contributed by atoms with Gasteiger partial charge in [-0.1, -0.05) is 13.3 Å². The van der Waals surface area contributed by atoms with Crippen molar-refractivity contribution in [2.45, 2.75) is 104 Å². The van der Waals surface area contributed by atoms with Gasteiger partial charge in [0.2, 0.25) is 0 Å². The molecule has 0 radical (unpaired) electrons. The normalized spacial score (nSPS) is 14.7. The van der Waals surface area contributed by atoms with Crippen molar-refractivity contribution in [1.82, 2.24) is 0 Å². The molecule has 0 aliphatic carbocycles. The number of hydrogen-bond donors (Lipinski definition) is 0. The van der Waals surface area contributed by atoms with Crippen molar-refractivity contribution in [1.29, 1.82) is 0 Å². The summed E-state index contributed by atoms with van der Waals surface area (Å²) in [6.07, 6.45) is 4.57.